The Morgan fingerprint density at radius 3 is 2.68 bits per heavy atom. The van der Waals surface area contributed by atoms with E-state index in [-0.39, 0.29) is 0 Å². The van der Waals surface area contributed by atoms with E-state index in [1.807, 2.05) is 27.7 Å². The predicted octanol–water partition coefficient (Wildman–Crippen LogP) is 5.68. The SMILES string of the molecule is Cc1sc(C)c(C(OC(C)(C)C)C(=O)O)c1C1=CC2CCCC=CC12. The summed E-state index contributed by atoms with van der Waals surface area (Å²) in [7, 11) is 0. The fourth-order valence-corrected chi connectivity index (χ4v) is 5.10. The molecule has 1 N–H and O–H groups in total. The second-order valence-electron chi connectivity index (χ2n) is 8.12. The molecule has 3 rings (SSSR count). The summed E-state index contributed by atoms with van der Waals surface area (Å²) in [6.07, 6.45) is 9.65. The molecule has 1 aromatic heterocycles. The lowest BCUT2D eigenvalue weighted by atomic mass is 9.69. The smallest absolute Gasteiger partial charge is 0.337 e. The van der Waals surface area contributed by atoms with Gasteiger partial charge in [-0.25, -0.2) is 4.79 Å². The van der Waals surface area contributed by atoms with Gasteiger partial charge in [-0.15, -0.1) is 11.3 Å². The Morgan fingerprint density at radius 2 is 2.04 bits per heavy atom. The fourth-order valence-electron chi connectivity index (χ4n) is 3.99. The number of rotatable bonds is 4. The molecule has 1 heterocycles. The van der Waals surface area contributed by atoms with Gasteiger partial charge in [-0.05, 0) is 70.9 Å². The zero-order valence-corrected chi connectivity index (χ0v) is 16.6. The van der Waals surface area contributed by atoms with Crippen LogP contribution < -0.4 is 0 Å². The van der Waals surface area contributed by atoms with E-state index in [2.05, 4.69) is 25.2 Å². The summed E-state index contributed by atoms with van der Waals surface area (Å²) in [5.74, 6) is 0.121. The van der Waals surface area contributed by atoms with Crippen LogP contribution in [-0.4, -0.2) is 16.7 Å². The van der Waals surface area contributed by atoms with Crippen molar-refractivity contribution in [2.75, 3.05) is 0 Å². The van der Waals surface area contributed by atoms with Crippen molar-refractivity contribution in [1.82, 2.24) is 0 Å². The first-order valence-electron chi connectivity index (χ1n) is 9.08. The monoisotopic (exact) mass is 360 g/mol. The number of allylic oxidation sites excluding steroid dienone is 4. The molecular formula is C21H28O3S. The third kappa shape index (κ3) is 3.61. The van der Waals surface area contributed by atoms with Crippen LogP contribution in [0.2, 0.25) is 0 Å². The second-order valence-corrected chi connectivity index (χ2v) is 9.55. The van der Waals surface area contributed by atoms with Crippen LogP contribution in [0.5, 0.6) is 0 Å². The van der Waals surface area contributed by atoms with Crippen molar-refractivity contribution in [3.05, 3.63) is 39.1 Å². The second kappa shape index (κ2) is 6.73. The van der Waals surface area contributed by atoms with Crippen LogP contribution in [0, 0.1) is 25.7 Å². The van der Waals surface area contributed by atoms with Crippen molar-refractivity contribution < 1.29 is 14.6 Å². The number of fused-ring (bicyclic) bond motifs is 1. The van der Waals surface area contributed by atoms with Crippen molar-refractivity contribution in [3.63, 3.8) is 0 Å². The zero-order valence-electron chi connectivity index (χ0n) is 15.8. The molecule has 0 amide bonds. The van der Waals surface area contributed by atoms with Gasteiger partial charge in [-0.1, -0.05) is 18.2 Å². The highest BCUT2D eigenvalue weighted by Crippen LogP contribution is 2.50. The molecule has 2 aliphatic rings. The number of carbonyl (C=O) groups is 1. The molecule has 3 atom stereocenters. The van der Waals surface area contributed by atoms with Crippen molar-refractivity contribution in [2.45, 2.75) is 65.6 Å². The first-order valence-corrected chi connectivity index (χ1v) is 9.90. The van der Waals surface area contributed by atoms with Crippen LogP contribution in [0.15, 0.2) is 18.2 Å². The number of thiophene rings is 1. The molecule has 25 heavy (non-hydrogen) atoms. The van der Waals surface area contributed by atoms with E-state index in [1.165, 1.54) is 23.3 Å². The highest BCUT2D eigenvalue weighted by molar-refractivity contribution is 7.12. The third-order valence-corrected chi connectivity index (χ3v) is 6.06. The Morgan fingerprint density at radius 1 is 1.32 bits per heavy atom. The molecule has 0 bridgehead atoms. The topological polar surface area (TPSA) is 46.5 Å². The molecule has 0 aromatic carbocycles. The fraction of sp³-hybridized carbons (Fsp3) is 0.571. The molecule has 0 saturated carbocycles. The Hall–Kier alpha value is -1.39. The standard InChI is InChI=1S/C21H28O3S/c1-12-17(16-11-14-9-7-6-8-10-15(14)16)18(13(2)25-12)19(20(22)23)24-21(3,4)5/h8,10-11,14-15,19H,6-7,9H2,1-5H3,(H,22,23). The quantitative estimate of drug-likeness (QED) is 0.703. The highest BCUT2D eigenvalue weighted by atomic mass is 32.1. The zero-order chi connectivity index (χ0) is 18.4. The van der Waals surface area contributed by atoms with Crippen LogP contribution in [0.3, 0.4) is 0 Å². The Kier molecular flexibility index (Phi) is 4.95. The molecule has 0 saturated heterocycles. The lowest BCUT2D eigenvalue weighted by Gasteiger charge is -2.35. The largest absolute Gasteiger partial charge is 0.479 e. The average molecular weight is 361 g/mol. The summed E-state index contributed by atoms with van der Waals surface area (Å²) in [6, 6.07) is 0. The molecule has 0 fully saturated rings. The van der Waals surface area contributed by atoms with E-state index in [1.54, 1.807) is 11.3 Å². The summed E-state index contributed by atoms with van der Waals surface area (Å²) in [6.45, 7) is 9.83. The number of carboxylic acids is 1. The number of ether oxygens (including phenoxy) is 1. The van der Waals surface area contributed by atoms with Gasteiger partial charge in [0.1, 0.15) is 0 Å². The van der Waals surface area contributed by atoms with Crippen LogP contribution in [0.4, 0.5) is 0 Å². The van der Waals surface area contributed by atoms with Gasteiger partial charge in [-0.3, -0.25) is 0 Å². The predicted molar refractivity (Wildman–Crippen MR) is 103 cm³/mol. The number of aryl methyl sites for hydroxylation is 2. The summed E-state index contributed by atoms with van der Waals surface area (Å²) in [5.41, 5.74) is 2.75. The minimum Gasteiger partial charge on any atom is -0.479 e. The maximum absolute atomic E-state index is 12.0. The maximum Gasteiger partial charge on any atom is 0.337 e. The van der Waals surface area contributed by atoms with E-state index in [4.69, 9.17) is 4.74 Å². The Bertz CT molecular complexity index is 733. The minimum absolute atomic E-state index is 0.429. The van der Waals surface area contributed by atoms with Gasteiger partial charge >= 0.3 is 5.97 Å². The summed E-state index contributed by atoms with van der Waals surface area (Å²) < 4.78 is 5.96. The molecule has 0 aliphatic heterocycles. The first-order chi connectivity index (χ1) is 11.7. The van der Waals surface area contributed by atoms with E-state index in [0.717, 1.165) is 22.4 Å². The number of aliphatic carboxylic acids is 1. The summed E-state index contributed by atoms with van der Waals surface area (Å²) in [5, 5.41) is 9.84. The van der Waals surface area contributed by atoms with E-state index >= 15 is 0 Å². The van der Waals surface area contributed by atoms with Crippen molar-refractivity contribution >= 4 is 22.9 Å². The molecule has 1 aromatic rings. The minimum atomic E-state index is -0.922. The number of carboxylic acid groups (broad SMARTS) is 1. The lowest BCUT2D eigenvalue weighted by molar-refractivity contribution is -0.160. The van der Waals surface area contributed by atoms with Gasteiger partial charge in [0.15, 0.2) is 6.10 Å². The maximum atomic E-state index is 12.0. The van der Waals surface area contributed by atoms with E-state index in [9.17, 15) is 9.90 Å². The highest BCUT2D eigenvalue weighted by Gasteiger charge is 2.38. The Balaban J connectivity index is 2.05. The van der Waals surface area contributed by atoms with Crippen molar-refractivity contribution in [2.24, 2.45) is 11.8 Å². The average Bonchev–Trinajstić information content (AvgIpc) is 2.63. The summed E-state index contributed by atoms with van der Waals surface area (Å²) >= 11 is 1.68. The molecule has 2 aliphatic carbocycles. The van der Waals surface area contributed by atoms with Gasteiger partial charge in [0.05, 0.1) is 5.60 Å². The van der Waals surface area contributed by atoms with Crippen LogP contribution in [0.25, 0.3) is 5.57 Å². The molecule has 136 valence electrons. The van der Waals surface area contributed by atoms with Gasteiger partial charge in [-0.2, -0.15) is 0 Å². The molecule has 0 spiro atoms. The van der Waals surface area contributed by atoms with E-state index in [0.29, 0.717) is 11.8 Å². The molecule has 3 nitrogen and oxygen atoms in total. The van der Waals surface area contributed by atoms with Gasteiger partial charge in [0.2, 0.25) is 0 Å². The van der Waals surface area contributed by atoms with Crippen molar-refractivity contribution in [1.29, 1.82) is 0 Å². The van der Waals surface area contributed by atoms with Crippen LogP contribution in [0.1, 0.15) is 67.0 Å². The van der Waals surface area contributed by atoms with Crippen LogP contribution in [-0.2, 0) is 9.53 Å². The Labute approximate surface area is 154 Å². The molecule has 3 unspecified atom stereocenters. The number of hydrogen-bond acceptors (Lipinski definition) is 3. The third-order valence-electron chi connectivity index (χ3n) is 5.02. The lowest BCUT2D eigenvalue weighted by Crippen LogP contribution is -2.29. The summed E-state index contributed by atoms with van der Waals surface area (Å²) in [4.78, 5) is 14.2. The van der Waals surface area contributed by atoms with Crippen LogP contribution >= 0.6 is 11.3 Å². The van der Waals surface area contributed by atoms with Gasteiger partial charge in [0.25, 0.3) is 0 Å². The van der Waals surface area contributed by atoms with Crippen molar-refractivity contribution in [3.8, 4) is 0 Å². The van der Waals surface area contributed by atoms with E-state index < -0.39 is 17.7 Å². The normalized spacial score (nSPS) is 24.1. The number of hydrogen-bond donors (Lipinski definition) is 1. The van der Waals surface area contributed by atoms with Gasteiger partial charge < -0.3 is 9.84 Å². The molecular weight excluding hydrogens is 332 g/mol. The molecule has 0 radical (unpaired) electrons. The first kappa shape index (κ1) is 18.4. The van der Waals surface area contributed by atoms with Gasteiger partial charge in [0, 0.05) is 21.2 Å². The molecule has 4 heteroatoms.